The number of likely N-dealkylation sites (N-methyl/N-ethyl adjacent to an activating group) is 1. The van der Waals surface area contributed by atoms with Gasteiger partial charge in [-0.3, -0.25) is 4.79 Å². The Hall–Kier alpha value is -3.09. The largest absolute Gasteiger partial charge is 0.492 e. The lowest BCUT2D eigenvalue weighted by Crippen LogP contribution is -2.49. The van der Waals surface area contributed by atoms with Crippen LogP contribution in [0.1, 0.15) is 5.56 Å². The number of benzene rings is 2. The van der Waals surface area contributed by atoms with E-state index in [2.05, 4.69) is 10.1 Å². The molecule has 0 heterocycles. The summed E-state index contributed by atoms with van der Waals surface area (Å²) in [4.78, 5) is 25.8. The SMILES string of the molecule is COC(=O)NC(Cc1ccccc1)C(=O)N(C)CCOc1ccc(F)cc1. The molecule has 0 aliphatic heterocycles. The van der Waals surface area contributed by atoms with Gasteiger partial charge in [0.15, 0.2) is 0 Å². The second kappa shape index (κ2) is 10.2. The molecule has 0 fully saturated rings. The molecule has 0 aromatic heterocycles. The highest BCUT2D eigenvalue weighted by Crippen LogP contribution is 2.11. The molecule has 0 saturated carbocycles. The van der Waals surface area contributed by atoms with Crippen molar-refractivity contribution in [1.82, 2.24) is 10.2 Å². The lowest BCUT2D eigenvalue weighted by molar-refractivity contribution is -0.132. The van der Waals surface area contributed by atoms with Crippen LogP contribution in [0.15, 0.2) is 54.6 Å². The molecule has 2 aromatic carbocycles. The molecule has 7 heteroatoms. The molecule has 0 saturated heterocycles. The molecule has 144 valence electrons. The van der Waals surface area contributed by atoms with Crippen molar-refractivity contribution in [2.75, 3.05) is 27.3 Å². The fraction of sp³-hybridized carbons (Fsp3) is 0.300. The number of methoxy groups -OCH3 is 1. The van der Waals surface area contributed by atoms with E-state index in [4.69, 9.17) is 4.74 Å². The number of alkyl carbamates (subject to hydrolysis) is 1. The van der Waals surface area contributed by atoms with Gasteiger partial charge >= 0.3 is 6.09 Å². The number of nitrogens with zero attached hydrogens (tertiary/aromatic N) is 1. The average Bonchev–Trinajstić information content (AvgIpc) is 2.69. The minimum absolute atomic E-state index is 0.240. The van der Waals surface area contributed by atoms with Gasteiger partial charge in [-0.15, -0.1) is 0 Å². The number of nitrogens with one attached hydrogen (secondary N) is 1. The fourth-order valence-electron chi connectivity index (χ4n) is 2.46. The van der Waals surface area contributed by atoms with E-state index in [1.54, 1.807) is 7.05 Å². The van der Waals surface area contributed by atoms with Crippen molar-refractivity contribution in [2.24, 2.45) is 0 Å². The van der Waals surface area contributed by atoms with E-state index in [1.165, 1.54) is 36.3 Å². The predicted molar refractivity (Wildman–Crippen MR) is 99.0 cm³/mol. The van der Waals surface area contributed by atoms with Crippen LogP contribution in [-0.4, -0.2) is 50.3 Å². The molecule has 0 aliphatic carbocycles. The third-order valence-electron chi connectivity index (χ3n) is 3.94. The summed E-state index contributed by atoms with van der Waals surface area (Å²) >= 11 is 0. The third-order valence-corrected chi connectivity index (χ3v) is 3.94. The zero-order valence-electron chi connectivity index (χ0n) is 15.4. The lowest BCUT2D eigenvalue weighted by atomic mass is 10.1. The van der Waals surface area contributed by atoms with Crippen molar-refractivity contribution >= 4 is 12.0 Å². The van der Waals surface area contributed by atoms with Gasteiger partial charge < -0.3 is 19.7 Å². The van der Waals surface area contributed by atoms with Gasteiger partial charge in [0.25, 0.3) is 0 Å². The van der Waals surface area contributed by atoms with Crippen LogP contribution in [0.25, 0.3) is 0 Å². The number of rotatable bonds is 8. The number of halogens is 1. The second-order valence-corrected chi connectivity index (χ2v) is 5.94. The Morgan fingerprint density at radius 3 is 2.41 bits per heavy atom. The summed E-state index contributed by atoms with van der Waals surface area (Å²) in [5.41, 5.74) is 0.920. The van der Waals surface area contributed by atoms with Crippen molar-refractivity contribution in [1.29, 1.82) is 0 Å². The van der Waals surface area contributed by atoms with Crippen LogP contribution in [0, 0.1) is 5.82 Å². The van der Waals surface area contributed by atoms with Gasteiger partial charge in [0.05, 0.1) is 13.7 Å². The van der Waals surface area contributed by atoms with Gasteiger partial charge in [-0.25, -0.2) is 9.18 Å². The van der Waals surface area contributed by atoms with Crippen LogP contribution in [-0.2, 0) is 16.0 Å². The number of hydrogen-bond acceptors (Lipinski definition) is 4. The standard InChI is InChI=1S/C20H23FN2O4/c1-23(12-13-27-17-10-8-16(21)9-11-17)19(24)18(22-20(25)26-2)14-15-6-4-3-5-7-15/h3-11,18H,12-14H2,1-2H3,(H,22,25). The van der Waals surface area contributed by atoms with Crippen molar-refractivity contribution in [3.05, 3.63) is 66.0 Å². The summed E-state index contributed by atoms with van der Waals surface area (Å²) in [5.74, 6) is -0.0787. The maximum absolute atomic E-state index is 12.9. The lowest BCUT2D eigenvalue weighted by Gasteiger charge is -2.24. The van der Waals surface area contributed by atoms with Crippen molar-refractivity contribution in [2.45, 2.75) is 12.5 Å². The van der Waals surface area contributed by atoms with E-state index in [1.807, 2.05) is 30.3 Å². The molecule has 0 aliphatic rings. The first-order valence-electron chi connectivity index (χ1n) is 8.51. The summed E-state index contributed by atoms with van der Waals surface area (Å²) in [6, 6.07) is 14.3. The Kier molecular flexibility index (Phi) is 7.61. The molecule has 2 aromatic rings. The van der Waals surface area contributed by atoms with Crippen LogP contribution in [0.3, 0.4) is 0 Å². The van der Waals surface area contributed by atoms with E-state index in [0.717, 1.165) is 5.56 Å². The van der Waals surface area contributed by atoms with Crippen LogP contribution in [0.5, 0.6) is 5.75 Å². The summed E-state index contributed by atoms with van der Waals surface area (Å²) in [7, 11) is 2.88. The Bertz CT molecular complexity index is 737. The van der Waals surface area contributed by atoms with Crippen molar-refractivity contribution < 1.29 is 23.5 Å². The molecule has 2 amide bonds. The smallest absolute Gasteiger partial charge is 0.407 e. The maximum atomic E-state index is 12.9. The molecule has 2 rings (SSSR count). The number of amides is 2. The van der Waals surface area contributed by atoms with Crippen molar-refractivity contribution in [3.63, 3.8) is 0 Å². The Morgan fingerprint density at radius 2 is 1.78 bits per heavy atom. The fourth-order valence-corrected chi connectivity index (χ4v) is 2.46. The quantitative estimate of drug-likeness (QED) is 0.771. The molecule has 1 N–H and O–H groups in total. The second-order valence-electron chi connectivity index (χ2n) is 5.94. The van der Waals surface area contributed by atoms with E-state index in [9.17, 15) is 14.0 Å². The molecule has 1 atom stereocenters. The van der Waals surface area contributed by atoms with Gasteiger partial charge in [-0.2, -0.15) is 0 Å². The van der Waals surface area contributed by atoms with Gasteiger partial charge in [-0.1, -0.05) is 30.3 Å². The van der Waals surface area contributed by atoms with Gasteiger partial charge in [-0.05, 0) is 29.8 Å². The third kappa shape index (κ3) is 6.62. The molecule has 6 nitrogen and oxygen atoms in total. The molecular weight excluding hydrogens is 351 g/mol. The zero-order valence-corrected chi connectivity index (χ0v) is 15.4. The normalized spacial score (nSPS) is 11.4. The average molecular weight is 374 g/mol. The van der Waals surface area contributed by atoms with Crippen LogP contribution in [0.4, 0.5) is 9.18 Å². The summed E-state index contributed by atoms with van der Waals surface area (Å²) < 4.78 is 23.0. The summed E-state index contributed by atoms with van der Waals surface area (Å²) in [6.07, 6.45) is -0.321. The zero-order chi connectivity index (χ0) is 19.6. The van der Waals surface area contributed by atoms with E-state index >= 15 is 0 Å². The number of carbonyl (C=O) groups excluding carboxylic acids is 2. The van der Waals surface area contributed by atoms with E-state index in [-0.39, 0.29) is 18.3 Å². The topological polar surface area (TPSA) is 67.9 Å². The highest BCUT2D eigenvalue weighted by atomic mass is 19.1. The van der Waals surface area contributed by atoms with E-state index < -0.39 is 12.1 Å². The maximum Gasteiger partial charge on any atom is 0.407 e. The monoisotopic (exact) mass is 374 g/mol. The molecule has 0 spiro atoms. The minimum atomic E-state index is -0.754. The first-order valence-corrected chi connectivity index (χ1v) is 8.51. The predicted octanol–water partition coefficient (Wildman–Crippen LogP) is 2.63. The number of ether oxygens (including phenoxy) is 2. The highest BCUT2D eigenvalue weighted by Gasteiger charge is 2.24. The van der Waals surface area contributed by atoms with Crippen LogP contribution in [0.2, 0.25) is 0 Å². The van der Waals surface area contributed by atoms with Gasteiger partial charge in [0, 0.05) is 13.5 Å². The minimum Gasteiger partial charge on any atom is -0.492 e. The van der Waals surface area contributed by atoms with Gasteiger partial charge in [0.2, 0.25) is 5.91 Å². The summed E-state index contributed by atoms with van der Waals surface area (Å²) in [6.45, 7) is 0.550. The Labute approximate surface area is 157 Å². The molecule has 0 radical (unpaired) electrons. The van der Waals surface area contributed by atoms with Crippen LogP contribution < -0.4 is 10.1 Å². The molecule has 0 bridgehead atoms. The Balaban J connectivity index is 1.93. The highest BCUT2D eigenvalue weighted by molar-refractivity contribution is 5.85. The number of carbonyl (C=O) groups is 2. The molecular formula is C20H23FN2O4. The number of hydrogen-bond donors (Lipinski definition) is 1. The first kappa shape index (κ1) is 20.2. The van der Waals surface area contributed by atoms with Gasteiger partial charge in [0.1, 0.15) is 24.2 Å². The van der Waals surface area contributed by atoms with Crippen LogP contribution >= 0.6 is 0 Å². The summed E-state index contributed by atoms with van der Waals surface area (Å²) in [5, 5.41) is 2.58. The molecule has 1 unspecified atom stereocenters. The Morgan fingerprint density at radius 1 is 1.11 bits per heavy atom. The first-order chi connectivity index (χ1) is 13.0. The molecule has 27 heavy (non-hydrogen) atoms. The van der Waals surface area contributed by atoms with E-state index in [0.29, 0.717) is 18.7 Å². The van der Waals surface area contributed by atoms with Crippen molar-refractivity contribution in [3.8, 4) is 5.75 Å².